The average molecular weight is 286 g/mol. The molecule has 0 unspecified atom stereocenters. The molecule has 1 rings (SSSR count). The molecule has 0 atom stereocenters. The summed E-state index contributed by atoms with van der Waals surface area (Å²) >= 11 is 0. The van der Waals surface area contributed by atoms with Gasteiger partial charge >= 0.3 is 5.97 Å². The summed E-state index contributed by atoms with van der Waals surface area (Å²) < 4.78 is 23.7. The summed E-state index contributed by atoms with van der Waals surface area (Å²) in [6, 6.07) is 6.68. The summed E-state index contributed by atoms with van der Waals surface area (Å²) in [7, 11) is -3.27. The number of carboxylic acid groups (broad SMARTS) is 1. The van der Waals surface area contributed by atoms with Gasteiger partial charge in [0.1, 0.15) is 0 Å². The van der Waals surface area contributed by atoms with E-state index in [-0.39, 0.29) is 12.2 Å². The molecule has 19 heavy (non-hydrogen) atoms. The van der Waals surface area contributed by atoms with Crippen LogP contribution in [-0.2, 0) is 14.6 Å². The van der Waals surface area contributed by atoms with Crippen LogP contribution in [0.3, 0.4) is 0 Å². The lowest BCUT2D eigenvalue weighted by Crippen LogP contribution is -2.07. The van der Waals surface area contributed by atoms with Crippen molar-refractivity contribution in [3.63, 3.8) is 0 Å². The van der Waals surface area contributed by atoms with Crippen LogP contribution in [0.4, 0.5) is 0 Å². The number of rotatable bonds is 6. The number of hydrogen-bond donors (Lipinski definition) is 1. The highest BCUT2D eigenvalue weighted by atomic mass is 32.2. The molecular formula is C14H22O4S. The molecule has 0 heterocycles. The van der Waals surface area contributed by atoms with Gasteiger partial charge in [-0.15, -0.1) is 0 Å². The number of carbonyl (C=O) groups is 1. The molecule has 0 saturated carbocycles. The minimum atomic E-state index is -3.27. The third kappa shape index (κ3) is 6.96. The van der Waals surface area contributed by atoms with Crippen molar-refractivity contribution in [2.45, 2.75) is 44.9 Å². The van der Waals surface area contributed by atoms with E-state index >= 15 is 0 Å². The number of hydrogen-bond acceptors (Lipinski definition) is 3. The van der Waals surface area contributed by atoms with Crippen LogP contribution in [0.1, 0.15) is 38.7 Å². The zero-order valence-corrected chi connectivity index (χ0v) is 12.5. The van der Waals surface area contributed by atoms with Crippen molar-refractivity contribution in [3.8, 4) is 0 Å². The molecule has 0 aliphatic rings. The van der Waals surface area contributed by atoms with E-state index in [1.54, 1.807) is 24.3 Å². The minimum absolute atomic E-state index is 0.00331. The van der Waals surface area contributed by atoms with E-state index in [9.17, 15) is 13.2 Å². The van der Waals surface area contributed by atoms with E-state index in [1.807, 2.05) is 20.8 Å². The fraction of sp³-hybridized carbons (Fsp3) is 0.500. The summed E-state index contributed by atoms with van der Waals surface area (Å²) in [5.41, 5.74) is 1.01. The molecule has 0 aromatic heterocycles. The number of carboxylic acids is 1. The van der Waals surface area contributed by atoms with Crippen LogP contribution in [0.5, 0.6) is 0 Å². The number of aliphatic carboxylic acids is 1. The highest BCUT2D eigenvalue weighted by Gasteiger charge is 2.13. The van der Waals surface area contributed by atoms with Crippen LogP contribution in [0.2, 0.25) is 0 Å². The van der Waals surface area contributed by atoms with Crippen LogP contribution in [0.15, 0.2) is 29.2 Å². The predicted octanol–water partition coefficient (Wildman–Crippen LogP) is 3.05. The largest absolute Gasteiger partial charge is 0.481 e. The zero-order valence-electron chi connectivity index (χ0n) is 11.7. The quantitative estimate of drug-likeness (QED) is 0.816. The molecule has 1 aromatic carbocycles. The van der Waals surface area contributed by atoms with Crippen molar-refractivity contribution in [2.24, 2.45) is 0 Å². The van der Waals surface area contributed by atoms with Crippen LogP contribution in [0, 0.1) is 6.92 Å². The molecule has 0 aliphatic heterocycles. The fourth-order valence-corrected chi connectivity index (χ4v) is 2.80. The van der Waals surface area contributed by atoms with Crippen molar-refractivity contribution >= 4 is 15.8 Å². The van der Waals surface area contributed by atoms with E-state index in [1.165, 1.54) is 0 Å². The molecule has 0 bridgehead atoms. The van der Waals surface area contributed by atoms with Gasteiger partial charge in [0.2, 0.25) is 0 Å². The zero-order chi connectivity index (χ0) is 14.9. The van der Waals surface area contributed by atoms with E-state index in [2.05, 4.69) is 0 Å². The standard InChI is InChI=1S/C12H16O4S.C2H6/c1-10-5-7-11(8-6-10)17(15,16)9-3-2-4-12(13)14;1-2/h5-8H,2-4,9H2,1H3,(H,13,14);1-2H3. The first-order valence-electron chi connectivity index (χ1n) is 6.43. The molecule has 0 radical (unpaired) electrons. The Morgan fingerprint density at radius 2 is 1.63 bits per heavy atom. The Labute approximate surface area is 115 Å². The maximum Gasteiger partial charge on any atom is 0.303 e. The SMILES string of the molecule is CC.Cc1ccc(S(=O)(=O)CCCCC(=O)O)cc1. The lowest BCUT2D eigenvalue weighted by molar-refractivity contribution is -0.137. The fourth-order valence-electron chi connectivity index (χ4n) is 1.43. The van der Waals surface area contributed by atoms with Gasteiger partial charge < -0.3 is 5.11 Å². The van der Waals surface area contributed by atoms with Gasteiger partial charge in [-0.1, -0.05) is 31.5 Å². The summed E-state index contributed by atoms with van der Waals surface area (Å²) in [6.07, 6.45) is 0.784. The molecule has 0 amide bonds. The summed E-state index contributed by atoms with van der Waals surface area (Å²) in [6.45, 7) is 5.89. The van der Waals surface area contributed by atoms with Crippen LogP contribution in [0.25, 0.3) is 0 Å². The maximum absolute atomic E-state index is 11.8. The van der Waals surface area contributed by atoms with Gasteiger partial charge in [0, 0.05) is 6.42 Å². The van der Waals surface area contributed by atoms with Crippen LogP contribution >= 0.6 is 0 Å². The Morgan fingerprint density at radius 3 is 2.11 bits per heavy atom. The van der Waals surface area contributed by atoms with Crippen molar-refractivity contribution in [2.75, 3.05) is 5.75 Å². The first kappa shape index (κ1) is 17.6. The highest BCUT2D eigenvalue weighted by Crippen LogP contribution is 2.14. The summed E-state index contributed by atoms with van der Waals surface area (Å²) in [4.78, 5) is 10.6. The molecule has 1 aromatic rings. The van der Waals surface area contributed by atoms with Gasteiger partial charge in [0.15, 0.2) is 9.84 Å². The molecule has 1 N–H and O–H groups in total. The second-order valence-electron chi connectivity index (χ2n) is 3.98. The topological polar surface area (TPSA) is 71.4 Å². The Balaban J connectivity index is 0.00000154. The summed E-state index contributed by atoms with van der Waals surface area (Å²) in [5, 5.41) is 8.44. The van der Waals surface area contributed by atoms with Crippen LogP contribution < -0.4 is 0 Å². The van der Waals surface area contributed by atoms with Crippen molar-refractivity contribution in [1.29, 1.82) is 0 Å². The number of aryl methyl sites for hydroxylation is 1. The normalized spacial score (nSPS) is 10.5. The Bertz CT molecular complexity index is 475. The van der Waals surface area contributed by atoms with Crippen LogP contribution in [-0.4, -0.2) is 25.2 Å². The van der Waals surface area contributed by atoms with Gasteiger partial charge in [-0.3, -0.25) is 4.79 Å². The van der Waals surface area contributed by atoms with Crippen molar-refractivity contribution in [1.82, 2.24) is 0 Å². The minimum Gasteiger partial charge on any atom is -0.481 e. The monoisotopic (exact) mass is 286 g/mol. The van der Waals surface area contributed by atoms with Crippen molar-refractivity contribution in [3.05, 3.63) is 29.8 Å². The molecular weight excluding hydrogens is 264 g/mol. The number of sulfone groups is 1. The highest BCUT2D eigenvalue weighted by molar-refractivity contribution is 7.91. The molecule has 0 fully saturated rings. The number of benzene rings is 1. The Kier molecular flexibility index (Phi) is 8.07. The van der Waals surface area contributed by atoms with E-state index in [0.717, 1.165) is 5.56 Å². The van der Waals surface area contributed by atoms with Gasteiger partial charge in [-0.05, 0) is 31.9 Å². The van der Waals surface area contributed by atoms with E-state index in [4.69, 9.17) is 5.11 Å². The van der Waals surface area contributed by atoms with Gasteiger partial charge in [0.05, 0.1) is 10.6 Å². The molecule has 108 valence electrons. The third-order valence-corrected chi connectivity index (χ3v) is 4.25. The smallest absolute Gasteiger partial charge is 0.303 e. The lowest BCUT2D eigenvalue weighted by Gasteiger charge is -2.04. The first-order chi connectivity index (χ1) is 8.92. The molecule has 0 saturated heterocycles. The van der Waals surface area contributed by atoms with Gasteiger partial charge in [0.25, 0.3) is 0 Å². The van der Waals surface area contributed by atoms with Gasteiger partial charge in [-0.25, -0.2) is 8.42 Å². The molecule has 0 spiro atoms. The molecule has 0 aliphatic carbocycles. The number of unbranched alkanes of at least 4 members (excludes halogenated alkanes) is 1. The Morgan fingerprint density at radius 1 is 1.11 bits per heavy atom. The maximum atomic E-state index is 11.8. The van der Waals surface area contributed by atoms with E-state index in [0.29, 0.717) is 17.7 Å². The molecule has 5 heteroatoms. The van der Waals surface area contributed by atoms with Crippen molar-refractivity contribution < 1.29 is 18.3 Å². The predicted molar refractivity (Wildman–Crippen MR) is 76.1 cm³/mol. The first-order valence-corrected chi connectivity index (χ1v) is 8.08. The second kappa shape index (κ2) is 8.69. The Hall–Kier alpha value is -1.36. The second-order valence-corrected chi connectivity index (χ2v) is 6.09. The van der Waals surface area contributed by atoms with E-state index < -0.39 is 15.8 Å². The lowest BCUT2D eigenvalue weighted by atomic mass is 10.2. The van der Waals surface area contributed by atoms with Gasteiger partial charge in [-0.2, -0.15) is 0 Å². The third-order valence-electron chi connectivity index (χ3n) is 2.43. The molecule has 4 nitrogen and oxygen atoms in total. The average Bonchev–Trinajstić information content (AvgIpc) is 2.37. The summed E-state index contributed by atoms with van der Waals surface area (Å²) in [5.74, 6) is -0.888.